The Morgan fingerprint density at radius 1 is 1.00 bits per heavy atom. The number of anilines is 2. The van der Waals surface area contributed by atoms with Gasteiger partial charge in [-0.05, 0) is 68.7 Å². The molecule has 2 atom stereocenters. The van der Waals surface area contributed by atoms with E-state index in [0.717, 1.165) is 80.4 Å². The van der Waals surface area contributed by atoms with Crippen molar-refractivity contribution in [3.8, 4) is 6.07 Å². The van der Waals surface area contributed by atoms with E-state index < -0.39 is 0 Å². The molecule has 206 valence electrons. The van der Waals surface area contributed by atoms with E-state index in [1.54, 1.807) is 0 Å². The highest BCUT2D eigenvalue weighted by Crippen LogP contribution is 2.31. The number of likely N-dealkylation sites (tertiary alicyclic amines) is 1. The minimum Gasteiger partial charge on any atom is -0.398 e. The Hall–Kier alpha value is -2.65. The smallest absolute Gasteiger partial charge is 0.135 e. The van der Waals surface area contributed by atoms with Crippen LogP contribution >= 0.6 is 0 Å². The van der Waals surface area contributed by atoms with Crippen LogP contribution in [-0.2, 0) is 25.7 Å². The van der Waals surface area contributed by atoms with Crippen molar-refractivity contribution in [1.29, 1.82) is 5.26 Å². The molecule has 1 aromatic heterocycles. The number of benzene rings is 1. The molecule has 6 heteroatoms. The van der Waals surface area contributed by atoms with Gasteiger partial charge in [-0.3, -0.25) is 0 Å². The lowest BCUT2D eigenvalue weighted by Crippen LogP contribution is -2.28. The average Bonchev–Trinajstić information content (AvgIpc) is 3.07. The normalized spacial score (nSPS) is 20.4. The lowest BCUT2D eigenvalue weighted by atomic mass is 9.91. The van der Waals surface area contributed by atoms with Crippen LogP contribution < -0.4 is 10.6 Å². The number of nitrogens with zero attached hydrogens (tertiary/aromatic N) is 5. The maximum absolute atomic E-state index is 10.1. The molecule has 4 rings (SSSR count). The molecule has 0 radical (unpaired) electrons. The van der Waals surface area contributed by atoms with Crippen LogP contribution in [0.15, 0.2) is 12.1 Å². The Morgan fingerprint density at radius 2 is 1.74 bits per heavy atom. The Bertz CT molecular complexity index is 1110. The summed E-state index contributed by atoms with van der Waals surface area (Å²) in [6, 6.07) is 7.03. The first kappa shape index (κ1) is 28.4. The molecule has 2 aromatic rings. The van der Waals surface area contributed by atoms with E-state index in [-0.39, 0.29) is 0 Å². The Labute approximate surface area is 230 Å². The zero-order valence-electron chi connectivity index (χ0n) is 24.2. The highest BCUT2D eigenvalue weighted by atomic mass is 15.2. The minimum atomic E-state index is 0.569. The van der Waals surface area contributed by atoms with Gasteiger partial charge in [0.15, 0.2) is 0 Å². The molecule has 2 N–H and O–H groups in total. The van der Waals surface area contributed by atoms with Crippen LogP contribution in [0.3, 0.4) is 0 Å². The molecular formula is C32H48N6. The standard InChI is InChI=1S/C32H48N6/c1-5-11-24-13-15-29(34)28(21-33)27(24)20-30-26(12-6-2)32(38-17-9-7-8-10-18-38)36-31(35-30)16-14-25-19-23(3)22-37(25)4/h13,15,23,25H,5-12,14,16-20,22,34H2,1-4H3. The van der Waals surface area contributed by atoms with Crippen molar-refractivity contribution < 1.29 is 0 Å². The van der Waals surface area contributed by atoms with Crippen molar-refractivity contribution in [3.05, 3.63) is 45.9 Å². The van der Waals surface area contributed by atoms with Crippen molar-refractivity contribution in [2.45, 2.75) is 104 Å². The van der Waals surface area contributed by atoms with E-state index in [4.69, 9.17) is 15.7 Å². The molecule has 1 aromatic carbocycles. The molecule has 2 aliphatic rings. The van der Waals surface area contributed by atoms with Gasteiger partial charge in [-0.1, -0.05) is 52.5 Å². The van der Waals surface area contributed by atoms with Crippen LogP contribution in [0.25, 0.3) is 0 Å². The highest BCUT2D eigenvalue weighted by molar-refractivity contribution is 5.62. The fraction of sp³-hybridized carbons (Fsp3) is 0.656. The van der Waals surface area contributed by atoms with Crippen LogP contribution in [0, 0.1) is 17.2 Å². The van der Waals surface area contributed by atoms with Gasteiger partial charge >= 0.3 is 0 Å². The van der Waals surface area contributed by atoms with E-state index >= 15 is 0 Å². The molecule has 3 heterocycles. The molecule has 2 fully saturated rings. The lowest BCUT2D eigenvalue weighted by molar-refractivity contribution is 0.293. The third-order valence-electron chi connectivity index (χ3n) is 8.54. The first-order chi connectivity index (χ1) is 18.4. The van der Waals surface area contributed by atoms with Crippen LogP contribution in [0.5, 0.6) is 0 Å². The maximum atomic E-state index is 10.1. The number of aromatic nitrogens is 2. The van der Waals surface area contributed by atoms with Gasteiger partial charge in [0.2, 0.25) is 0 Å². The number of nitrogens with two attached hydrogens (primary N) is 1. The van der Waals surface area contributed by atoms with Crippen molar-refractivity contribution in [1.82, 2.24) is 14.9 Å². The molecular weight excluding hydrogens is 468 g/mol. The van der Waals surface area contributed by atoms with E-state index in [0.29, 0.717) is 23.7 Å². The average molecular weight is 517 g/mol. The number of aryl methyl sites for hydroxylation is 2. The molecule has 38 heavy (non-hydrogen) atoms. The Balaban J connectivity index is 1.77. The largest absolute Gasteiger partial charge is 0.398 e. The van der Waals surface area contributed by atoms with Crippen LogP contribution in [-0.4, -0.2) is 47.6 Å². The van der Waals surface area contributed by atoms with Crippen LogP contribution in [0.1, 0.15) is 106 Å². The van der Waals surface area contributed by atoms with Gasteiger partial charge in [-0.2, -0.15) is 5.26 Å². The quantitative estimate of drug-likeness (QED) is 0.385. The van der Waals surface area contributed by atoms with Gasteiger partial charge < -0.3 is 15.5 Å². The summed E-state index contributed by atoms with van der Waals surface area (Å²) in [6.07, 6.45) is 12.9. The molecule has 0 amide bonds. The summed E-state index contributed by atoms with van der Waals surface area (Å²) < 4.78 is 0. The summed E-state index contributed by atoms with van der Waals surface area (Å²) in [5.74, 6) is 2.87. The SMILES string of the molecule is CCCc1ccc(N)c(C#N)c1Cc1nc(CCC2CC(C)CN2C)nc(N2CCCCCC2)c1CCC. The number of hydrogen-bond acceptors (Lipinski definition) is 6. The molecule has 6 nitrogen and oxygen atoms in total. The van der Waals surface area contributed by atoms with Crippen molar-refractivity contribution in [2.75, 3.05) is 37.3 Å². The van der Waals surface area contributed by atoms with Gasteiger partial charge in [0, 0.05) is 49.8 Å². The highest BCUT2D eigenvalue weighted by Gasteiger charge is 2.27. The fourth-order valence-electron chi connectivity index (χ4n) is 6.58. The summed E-state index contributed by atoms with van der Waals surface area (Å²) >= 11 is 0. The van der Waals surface area contributed by atoms with Crippen LogP contribution in [0.4, 0.5) is 11.5 Å². The van der Waals surface area contributed by atoms with Gasteiger partial charge in [-0.25, -0.2) is 9.97 Å². The molecule has 2 unspecified atom stereocenters. The molecule has 0 spiro atoms. The summed E-state index contributed by atoms with van der Waals surface area (Å²) in [5, 5.41) is 10.1. The zero-order valence-corrected chi connectivity index (χ0v) is 24.2. The third-order valence-corrected chi connectivity index (χ3v) is 8.54. The molecule has 2 saturated heterocycles. The topological polar surface area (TPSA) is 82.1 Å². The van der Waals surface area contributed by atoms with Gasteiger partial charge in [-0.15, -0.1) is 0 Å². The van der Waals surface area contributed by atoms with E-state index in [2.05, 4.69) is 49.8 Å². The van der Waals surface area contributed by atoms with Gasteiger partial charge in [0.25, 0.3) is 0 Å². The van der Waals surface area contributed by atoms with Gasteiger partial charge in [0.05, 0.1) is 11.3 Å². The Morgan fingerprint density at radius 3 is 2.37 bits per heavy atom. The molecule has 2 aliphatic heterocycles. The van der Waals surface area contributed by atoms with Crippen LogP contribution in [0.2, 0.25) is 0 Å². The fourth-order valence-corrected chi connectivity index (χ4v) is 6.58. The van der Waals surface area contributed by atoms with E-state index in [1.807, 2.05) is 6.07 Å². The second-order valence-electron chi connectivity index (χ2n) is 11.7. The minimum absolute atomic E-state index is 0.569. The molecule has 0 bridgehead atoms. The predicted octanol–water partition coefficient (Wildman–Crippen LogP) is 6.08. The lowest BCUT2D eigenvalue weighted by Gasteiger charge is -2.27. The predicted molar refractivity (Wildman–Crippen MR) is 158 cm³/mol. The van der Waals surface area contributed by atoms with Gasteiger partial charge in [0.1, 0.15) is 17.7 Å². The van der Waals surface area contributed by atoms with Crippen molar-refractivity contribution in [3.63, 3.8) is 0 Å². The van der Waals surface area contributed by atoms with E-state index in [1.165, 1.54) is 49.8 Å². The maximum Gasteiger partial charge on any atom is 0.135 e. The monoisotopic (exact) mass is 516 g/mol. The second-order valence-corrected chi connectivity index (χ2v) is 11.7. The number of rotatable bonds is 10. The summed E-state index contributed by atoms with van der Waals surface area (Å²) in [7, 11) is 2.26. The first-order valence-corrected chi connectivity index (χ1v) is 15.1. The number of hydrogen-bond donors (Lipinski definition) is 1. The molecule has 0 saturated carbocycles. The van der Waals surface area contributed by atoms with Crippen molar-refractivity contribution in [2.24, 2.45) is 5.92 Å². The number of nitrogen functional groups attached to an aromatic ring is 1. The van der Waals surface area contributed by atoms with Crippen molar-refractivity contribution >= 4 is 11.5 Å². The summed E-state index contributed by atoms with van der Waals surface area (Å²) in [4.78, 5) is 15.6. The summed E-state index contributed by atoms with van der Waals surface area (Å²) in [5.41, 5.74) is 12.2. The zero-order chi connectivity index (χ0) is 27.1. The third kappa shape index (κ3) is 6.67. The summed E-state index contributed by atoms with van der Waals surface area (Å²) in [6.45, 7) is 10.1. The Kier molecular flexibility index (Phi) is 10.0. The number of nitriles is 1. The molecule has 0 aliphatic carbocycles. The first-order valence-electron chi connectivity index (χ1n) is 15.1. The second kappa shape index (κ2) is 13.4. The van der Waals surface area contributed by atoms with E-state index in [9.17, 15) is 5.26 Å².